The second-order valence-electron chi connectivity index (χ2n) is 5.36. The summed E-state index contributed by atoms with van der Waals surface area (Å²) in [7, 11) is 8.40. The fraction of sp³-hybridized carbons (Fsp3) is 0.278. The quantitative estimate of drug-likeness (QED) is 0.610. The van der Waals surface area contributed by atoms with Gasteiger partial charge in [-0.05, 0) is 41.0 Å². The highest BCUT2D eigenvalue weighted by molar-refractivity contribution is 6.09. The molecule has 0 N–H and O–H groups in total. The molecule has 0 amide bonds. The fourth-order valence-electron chi connectivity index (χ4n) is 2.52. The molecule has 0 spiro atoms. The van der Waals surface area contributed by atoms with Gasteiger partial charge in [0.1, 0.15) is 5.75 Å². The predicted octanol–water partition coefficient (Wildman–Crippen LogP) is 3.77. The van der Waals surface area contributed by atoms with E-state index in [0.29, 0.717) is 28.0 Å². The Labute approximate surface area is 145 Å². The van der Waals surface area contributed by atoms with Crippen molar-refractivity contribution in [3.63, 3.8) is 0 Å². The molecule has 0 aliphatic rings. The Morgan fingerprint density at radius 2 is 1.80 bits per heavy atom. The summed E-state index contributed by atoms with van der Waals surface area (Å²) in [6.07, 6.45) is -4.46. The number of halogens is 3. The zero-order valence-corrected chi connectivity index (χ0v) is 13.8. The van der Waals surface area contributed by atoms with Crippen LogP contribution in [0.15, 0.2) is 36.4 Å². The first-order valence-electron chi connectivity index (χ1n) is 7.44. The smallest absolute Gasteiger partial charge is 0.416 e. The summed E-state index contributed by atoms with van der Waals surface area (Å²) in [5.74, 6) is 0.0608. The van der Waals surface area contributed by atoms with Crippen LogP contribution in [0.5, 0.6) is 5.75 Å². The van der Waals surface area contributed by atoms with Crippen LogP contribution in [0, 0.1) is 0 Å². The minimum Gasteiger partial charge on any atom is -0.496 e. The van der Waals surface area contributed by atoms with Crippen LogP contribution < -0.4 is 4.74 Å². The summed E-state index contributed by atoms with van der Waals surface area (Å²) in [5.41, 5.74) is 1.33. The van der Waals surface area contributed by atoms with Gasteiger partial charge in [-0.1, -0.05) is 18.5 Å². The van der Waals surface area contributed by atoms with Crippen molar-refractivity contribution in [2.45, 2.75) is 18.9 Å². The van der Waals surface area contributed by atoms with Gasteiger partial charge in [0, 0.05) is 5.56 Å². The maximum atomic E-state index is 12.9. The molecule has 3 nitrogen and oxygen atoms in total. The molecule has 0 unspecified atom stereocenters. The molecule has 0 saturated carbocycles. The third-order valence-electron chi connectivity index (χ3n) is 3.78. The molecule has 2 aromatic carbocycles. The molecule has 25 heavy (non-hydrogen) atoms. The molecule has 0 aliphatic carbocycles. The van der Waals surface area contributed by atoms with Crippen LogP contribution in [0.2, 0.25) is 0 Å². The Morgan fingerprint density at radius 3 is 2.36 bits per heavy atom. The van der Waals surface area contributed by atoms with E-state index < -0.39 is 17.7 Å². The molecule has 2 radical (unpaired) electrons. The third-order valence-corrected chi connectivity index (χ3v) is 3.78. The normalized spacial score (nSPS) is 11.2. The van der Waals surface area contributed by atoms with Crippen molar-refractivity contribution in [3.05, 3.63) is 53.1 Å². The van der Waals surface area contributed by atoms with Crippen molar-refractivity contribution in [3.8, 4) is 16.9 Å². The van der Waals surface area contributed by atoms with Crippen LogP contribution in [-0.4, -0.2) is 28.0 Å². The number of carbonyl (C=O) groups excluding carboxylic acids is 1. The van der Waals surface area contributed by atoms with Gasteiger partial charge in [-0.2, -0.15) is 13.2 Å². The molecule has 130 valence electrons. The van der Waals surface area contributed by atoms with E-state index in [1.165, 1.54) is 20.3 Å². The van der Waals surface area contributed by atoms with Gasteiger partial charge in [-0.3, -0.25) is 4.79 Å². The molecule has 0 fully saturated rings. The van der Waals surface area contributed by atoms with E-state index in [0.717, 1.165) is 12.1 Å². The topological polar surface area (TPSA) is 35.5 Å². The van der Waals surface area contributed by atoms with E-state index in [1.54, 1.807) is 18.2 Å². The molecule has 0 aromatic heterocycles. The molecular formula is C18H16BF3O3. The number of carbonyl (C=O) groups is 1. The summed E-state index contributed by atoms with van der Waals surface area (Å²) in [5, 5.41) is 0. The zero-order chi connectivity index (χ0) is 18.6. The standard InChI is InChI=1S/C18H16BF3O3/c1-24-16-6-3-11(8-17(23)25-2)7-15(16)14-5-4-13(18(20,21)22)9-12(14)10-19/h3-7,9H,8,10H2,1-2H3. The van der Waals surface area contributed by atoms with Crippen LogP contribution in [0.3, 0.4) is 0 Å². The number of methoxy groups -OCH3 is 2. The highest BCUT2D eigenvalue weighted by Crippen LogP contribution is 2.37. The number of esters is 1. The lowest BCUT2D eigenvalue weighted by molar-refractivity contribution is -0.140. The first-order chi connectivity index (χ1) is 11.8. The average Bonchev–Trinajstić information content (AvgIpc) is 2.60. The van der Waals surface area contributed by atoms with Crippen molar-refractivity contribution < 1.29 is 27.4 Å². The molecule has 0 aliphatic heterocycles. The first kappa shape index (κ1) is 18.9. The van der Waals surface area contributed by atoms with Crippen LogP contribution in [0.4, 0.5) is 13.2 Å². The summed E-state index contributed by atoms with van der Waals surface area (Å²) in [6, 6.07) is 8.45. The average molecular weight is 348 g/mol. The van der Waals surface area contributed by atoms with Crippen LogP contribution in [0.1, 0.15) is 16.7 Å². The van der Waals surface area contributed by atoms with E-state index in [1.807, 2.05) is 0 Å². The minimum absolute atomic E-state index is 0.0477. The molecule has 0 saturated heterocycles. The number of hydrogen-bond donors (Lipinski definition) is 0. The van der Waals surface area contributed by atoms with Gasteiger partial charge in [-0.15, -0.1) is 0 Å². The number of ether oxygens (including phenoxy) is 2. The number of alkyl halides is 3. The Morgan fingerprint density at radius 1 is 1.08 bits per heavy atom. The summed E-state index contributed by atoms with van der Waals surface area (Å²) in [6.45, 7) is 0. The van der Waals surface area contributed by atoms with E-state index in [4.69, 9.17) is 12.6 Å². The lowest BCUT2D eigenvalue weighted by Crippen LogP contribution is -2.07. The van der Waals surface area contributed by atoms with Gasteiger partial charge in [0.05, 0.1) is 34.1 Å². The predicted molar refractivity (Wildman–Crippen MR) is 88.6 cm³/mol. The summed E-state index contributed by atoms with van der Waals surface area (Å²) in [4.78, 5) is 11.5. The molecule has 0 heterocycles. The van der Waals surface area contributed by atoms with Crippen molar-refractivity contribution in [2.24, 2.45) is 0 Å². The molecule has 7 heteroatoms. The number of rotatable bonds is 5. The van der Waals surface area contributed by atoms with E-state index >= 15 is 0 Å². The minimum atomic E-state index is -4.45. The lowest BCUT2D eigenvalue weighted by atomic mass is 9.87. The first-order valence-corrected chi connectivity index (χ1v) is 7.44. The van der Waals surface area contributed by atoms with Crippen LogP contribution in [0.25, 0.3) is 11.1 Å². The molecule has 2 aromatic rings. The largest absolute Gasteiger partial charge is 0.496 e. The van der Waals surface area contributed by atoms with Gasteiger partial charge in [0.15, 0.2) is 0 Å². The lowest BCUT2D eigenvalue weighted by Gasteiger charge is -2.16. The van der Waals surface area contributed by atoms with Crippen LogP contribution in [-0.2, 0) is 28.4 Å². The fourth-order valence-corrected chi connectivity index (χ4v) is 2.52. The van der Waals surface area contributed by atoms with E-state index in [9.17, 15) is 18.0 Å². The van der Waals surface area contributed by atoms with Crippen LogP contribution >= 0.6 is 0 Å². The van der Waals surface area contributed by atoms with Gasteiger partial charge < -0.3 is 9.47 Å². The highest BCUT2D eigenvalue weighted by atomic mass is 19.4. The molecule has 0 bridgehead atoms. The second kappa shape index (κ2) is 7.63. The molecule has 0 atom stereocenters. The Kier molecular flexibility index (Phi) is 5.77. The summed E-state index contributed by atoms with van der Waals surface area (Å²) >= 11 is 0. The number of hydrogen-bond acceptors (Lipinski definition) is 3. The number of benzene rings is 2. The van der Waals surface area contributed by atoms with Crippen molar-refractivity contribution in [1.82, 2.24) is 0 Å². The van der Waals surface area contributed by atoms with Crippen molar-refractivity contribution in [1.29, 1.82) is 0 Å². The monoisotopic (exact) mass is 348 g/mol. The van der Waals surface area contributed by atoms with Crippen molar-refractivity contribution >= 4 is 13.8 Å². The SMILES string of the molecule is [B]Cc1cc(C(F)(F)F)ccc1-c1cc(CC(=O)OC)ccc1OC. The van der Waals surface area contributed by atoms with Crippen molar-refractivity contribution in [2.75, 3.05) is 14.2 Å². The van der Waals surface area contributed by atoms with Gasteiger partial charge in [0.2, 0.25) is 0 Å². The zero-order valence-electron chi connectivity index (χ0n) is 13.8. The van der Waals surface area contributed by atoms with E-state index in [2.05, 4.69) is 4.74 Å². The van der Waals surface area contributed by atoms with Gasteiger partial charge >= 0.3 is 12.1 Å². The Balaban J connectivity index is 2.55. The van der Waals surface area contributed by atoms with Gasteiger partial charge in [-0.25, -0.2) is 0 Å². The van der Waals surface area contributed by atoms with E-state index in [-0.39, 0.29) is 12.7 Å². The molecule has 2 rings (SSSR count). The Hall–Kier alpha value is -2.44. The second-order valence-corrected chi connectivity index (χ2v) is 5.36. The molecular weight excluding hydrogens is 332 g/mol. The third kappa shape index (κ3) is 4.35. The summed E-state index contributed by atoms with van der Waals surface area (Å²) < 4.78 is 48.7. The maximum Gasteiger partial charge on any atom is 0.416 e. The highest BCUT2D eigenvalue weighted by Gasteiger charge is 2.31. The van der Waals surface area contributed by atoms with Gasteiger partial charge in [0.25, 0.3) is 0 Å². The maximum absolute atomic E-state index is 12.9. The Bertz CT molecular complexity index is 773.